The van der Waals surface area contributed by atoms with Crippen molar-refractivity contribution in [1.29, 1.82) is 0 Å². The number of amides is 2. The van der Waals surface area contributed by atoms with Crippen LogP contribution in [-0.2, 0) is 4.79 Å². The Morgan fingerprint density at radius 1 is 1.11 bits per heavy atom. The van der Waals surface area contributed by atoms with Crippen molar-refractivity contribution in [3.05, 3.63) is 0 Å². The first-order valence-corrected chi connectivity index (χ1v) is 8.18. The number of carboxylic acids is 1. The van der Waals surface area contributed by atoms with Gasteiger partial charge in [0.2, 0.25) is 0 Å². The van der Waals surface area contributed by atoms with Crippen molar-refractivity contribution in [3.63, 3.8) is 0 Å². The maximum absolute atomic E-state index is 12.0. The molecule has 0 spiro atoms. The predicted molar refractivity (Wildman–Crippen MR) is 73.1 cm³/mol. The van der Waals surface area contributed by atoms with Crippen LogP contribution in [0.25, 0.3) is 0 Å². The number of hydrogen-bond donors (Lipinski definition) is 3. The molecule has 106 valence electrons. The van der Waals surface area contributed by atoms with Gasteiger partial charge in [-0.2, -0.15) is 11.8 Å². The number of thioether (sulfide) groups is 1. The van der Waals surface area contributed by atoms with E-state index in [1.807, 2.05) is 11.8 Å². The number of rotatable bonds is 3. The molecule has 19 heavy (non-hydrogen) atoms. The topological polar surface area (TPSA) is 78.4 Å². The summed E-state index contributed by atoms with van der Waals surface area (Å²) in [4.78, 5) is 23.3. The lowest BCUT2D eigenvalue weighted by molar-refractivity contribution is -0.144. The van der Waals surface area contributed by atoms with Crippen molar-refractivity contribution in [2.75, 3.05) is 11.5 Å². The van der Waals surface area contributed by atoms with E-state index >= 15 is 0 Å². The second-order valence-electron chi connectivity index (χ2n) is 5.90. The Bertz CT molecular complexity index is 384. The van der Waals surface area contributed by atoms with Gasteiger partial charge in [-0.1, -0.05) is 0 Å². The third-order valence-corrected chi connectivity index (χ3v) is 5.93. The fourth-order valence-electron chi connectivity index (χ4n) is 3.88. The van der Waals surface area contributed by atoms with Crippen molar-refractivity contribution in [2.24, 2.45) is 17.8 Å². The molecule has 2 aliphatic carbocycles. The number of carbonyl (C=O) groups excluding carboxylic acids is 1. The molecule has 1 saturated heterocycles. The van der Waals surface area contributed by atoms with Gasteiger partial charge in [0.05, 0.1) is 5.92 Å². The minimum absolute atomic E-state index is 0.176. The summed E-state index contributed by atoms with van der Waals surface area (Å²) < 4.78 is 0. The van der Waals surface area contributed by atoms with Gasteiger partial charge in [-0.05, 0) is 43.3 Å². The fraction of sp³-hybridized carbons (Fsp3) is 0.846. The quantitative estimate of drug-likeness (QED) is 0.730. The highest BCUT2D eigenvalue weighted by molar-refractivity contribution is 7.99. The Balaban J connectivity index is 1.58. The SMILES string of the molecule is O=C(NC1CCSC1)NC1C2CCC(C2)C1C(=O)O. The third-order valence-electron chi connectivity index (χ3n) is 4.76. The smallest absolute Gasteiger partial charge is 0.315 e. The minimum Gasteiger partial charge on any atom is -0.481 e. The second kappa shape index (κ2) is 5.23. The molecule has 0 radical (unpaired) electrons. The molecule has 3 N–H and O–H groups in total. The van der Waals surface area contributed by atoms with Gasteiger partial charge in [-0.25, -0.2) is 4.79 Å². The lowest BCUT2D eigenvalue weighted by Crippen LogP contribution is -2.52. The summed E-state index contributed by atoms with van der Waals surface area (Å²) in [6.07, 6.45) is 4.03. The molecule has 3 fully saturated rings. The molecular weight excluding hydrogens is 264 g/mol. The van der Waals surface area contributed by atoms with Gasteiger partial charge in [-0.15, -0.1) is 0 Å². The van der Waals surface area contributed by atoms with E-state index in [0.717, 1.165) is 37.2 Å². The highest BCUT2D eigenvalue weighted by Crippen LogP contribution is 2.48. The van der Waals surface area contributed by atoms with Crippen molar-refractivity contribution in [1.82, 2.24) is 10.6 Å². The number of urea groups is 1. The van der Waals surface area contributed by atoms with E-state index in [9.17, 15) is 14.7 Å². The number of fused-ring (bicyclic) bond motifs is 2. The molecule has 1 heterocycles. The van der Waals surface area contributed by atoms with Crippen LogP contribution in [0, 0.1) is 17.8 Å². The van der Waals surface area contributed by atoms with E-state index in [0.29, 0.717) is 5.92 Å². The maximum Gasteiger partial charge on any atom is 0.315 e. The lowest BCUT2D eigenvalue weighted by Gasteiger charge is -2.29. The van der Waals surface area contributed by atoms with E-state index < -0.39 is 5.97 Å². The first-order valence-electron chi connectivity index (χ1n) is 7.02. The van der Waals surface area contributed by atoms with Gasteiger partial charge in [0, 0.05) is 17.8 Å². The van der Waals surface area contributed by atoms with Crippen LogP contribution in [0.2, 0.25) is 0 Å². The van der Waals surface area contributed by atoms with E-state index in [2.05, 4.69) is 10.6 Å². The summed E-state index contributed by atoms with van der Waals surface area (Å²) in [6, 6.07) is -0.117. The molecule has 5 unspecified atom stereocenters. The van der Waals surface area contributed by atoms with Gasteiger partial charge >= 0.3 is 12.0 Å². The Morgan fingerprint density at radius 2 is 1.89 bits per heavy atom. The zero-order chi connectivity index (χ0) is 13.4. The standard InChI is InChI=1S/C13H20N2O3S/c16-12(17)10-7-1-2-8(5-7)11(10)15-13(18)14-9-3-4-19-6-9/h7-11H,1-6H2,(H,16,17)(H2,14,15,18). The van der Waals surface area contributed by atoms with Crippen LogP contribution in [0.4, 0.5) is 4.79 Å². The van der Waals surface area contributed by atoms with Crippen LogP contribution in [0.1, 0.15) is 25.7 Å². The van der Waals surface area contributed by atoms with Gasteiger partial charge in [0.25, 0.3) is 0 Å². The van der Waals surface area contributed by atoms with Crippen molar-refractivity contribution in [3.8, 4) is 0 Å². The van der Waals surface area contributed by atoms with Gasteiger partial charge in [-0.3, -0.25) is 4.79 Å². The van der Waals surface area contributed by atoms with Crippen molar-refractivity contribution >= 4 is 23.8 Å². The number of aliphatic carboxylic acids is 1. The summed E-state index contributed by atoms with van der Waals surface area (Å²) in [6.45, 7) is 0. The van der Waals surface area contributed by atoms with E-state index in [1.54, 1.807) is 0 Å². The second-order valence-corrected chi connectivity index (χ2v) is 7.05. The molecule has 6 heteroatoms. The van der Waals surface area contributed by atoms with Gasteiger partial charge in [0.15, 0.2) is 0 Å². The van der Waals surface area contributed by atoms with Crippen LogP contribution in [0.3, 0.4) is 0 Å². The summed E-state index contributed by atoms with van der Waals surface area (Å²) in [5.74, 6) is 1.53. The number of nitrogens with one attached hydrogen (secondary N) is 2. The highest BCUT2D eigenvalue weighted by atomic mass is 32.2. The van der Waals surface area contributed by atoms with E-state index in [4.69, 9.17) is 0 Å². The Hall–Kier alpha value is -0.910. The molecule has 5 nitrogen and oxygen atoms in total. The molecule has 2 bridgehead atoms. The molecular formula is C13H20N2O3S. The van der Waals surface area contributed by atoms with Crippen LogP contribution >= 0.6 is 11.8 Å². The molecule has 1 aliphatic heterocycles. The molecule has 3 rings (SSSR count). The van der Waals surface area contributed by atoms with Crippen molar-refractivity contribution < 1.29 is 14.7 Å². The van der Waals surface area contributed by atoms with Gasteiger partial charge in [0.1, 0.15) is 0 Å². The molecule has 3 aliphatic rings. The largest absolute Gasteiger partial charge is 0.481 e. The molecule has 2 saturated carbocycles. The molecule has 0 aromatic rings. The molecule has 2 amide bonds. The molecule has 5 atom stereocenters. The maximum atomic E-state index is 12.0. The summed E-state index contributed by atoms with van der Waals surface area (Å²) in [5.41, 5.74) is 0. The van der Waals surface area contributed by atoms with E-state index in [-0.39, 0.29) is 30.0 Å². The van der Waals surface area contributed by atoms with Crippen LogP contribution in [0.5, 0.6) is 0 Å². The summed E-state index contributed by atoms with van der Waals surface area (Å²) in [5, 5.41) is 15.2. The van der Waals surface area contributed by atoms with Crippen molar-refractivity contribution in [2.45, 2.75) is 37.8 Å². The average Bonchev–Trinajstić information content (AvgIpc) is 3.03. The minimum atomic E-state index is -0.756. The summed E-state index contributed by atoms with van der Waals surface area (Å²) >= 11 is 1.85. The first-order chi connectivity index (χ1) is 9.15. The Labute approximate surface area is 116 Å². The zero-order valence-corrected chi connectivity index (χ0v) is 11.6. The molecule has 0 aromatic carbocycles. The van der Waals surface area contributed by atoms with Crippen LogP contribution in [0.15, 0.2) is 0 Å². The lowest BCUT2D eigenvalue weighted by atomic mass is 9.84. The number of carboxylic acid groups (broad SMARTS) is 1. The fourth-order valence-corrected chi connectivity index (χ4v) is 5.03. The predicted octanol–water partition coefficient (Wildman–Crippen LogP) is 1.29. The van der Waals surface area contributed by atoms with E-state index in [1.165, 1.54) is 0 Å². The molecule has 0 aromatic heterocycles. The van der Waals surface area contributed by atoms with Crippen LogP contribution < -0.4 is 10.6 Å². The Morgan fingerprint density at radius 3 is 2.58 bits per heavy atom. The number of hydrogen-bond acceptors (Lipinski definition) is 3. The normalized spacial score (nSPS) is 40.3. The monoisotopic (exact) mass is 284 g/mol. The number of carbonyl (C=O) groups is 2. The van der Waals surface area contributed by atoms with Gasteiger partial charge < -0.3 is 15.7 Å². The van der Waals surface area contributed by atoms with Crippen LogP contribution in [-0.4, -0.2) is 40.7 Å². The highest BCUT2D eigenvalue weighted by Gasteiger charge is 2.51. The Kier molecular flexibility index (Phi) is 3.60. The zero-order valence-electron chi connectivity index (χ0n) is 10.8. The summed E-state index contributed by atoms with van der Waals surface area (Å²) in [7, 11) is 0. The third kappa shape index (κ3) is 2.55. The first kappa shape index (κ1) is 13.1. The average molecular weight is 284 g/mol.